The molecule has 1 unspecified atom stereocenters. The molecule has 1 aliphatic rings. The summed E-state index contributed by atoms with van der Waals surface area (Å²) in [6.45, 7) is 2.13. The molecule has 5 aromatic rings. The Labute approximate surface area is 255 Å². The van der Waals surface area contributed by atoms with Gasteiger partial charge in [0.05, 0.1) is 37.2 Å². The minimum absolute atomic E-state index is 0.0218. The van der Waals surface area contributed by atoms with E-state index in [1.807, 2.05) is 83.9 Å². The molecule has 0 saturated carbocycles. The number of nitrogens with zero attached hydrogens (tertiary/aromatic N) is 3. The van der Waals surface area contributed by atoms with E-state index in [9.17, 15) is 4.79 Å². The number of ether oxygens (including phenoxy) is 3. The number of anilines is 1. The van der Waals surface area contributed by atoms with E-state index >= 15 is 0 Å². The summed E-state index contributed by atoms with van der Waals surface area (Å²) in [5, 5.41) is 7.99. The van der Waals surface area contributed by atoms with E-state index in [0.29, 0.717) is 11.3 Å². The number of esters is 1. The van der Waals surface area contributed by atoms with Crippen molar-refractivity contribution >= 4 is 28.1 Å². The second-order valence-electron chi connectivity index (χ2n) is 10.0. The molecule has 0 bridgehead atoms. The number of hydrogen-bond acceptors (Lipinski definition) is 8. The number of thiazole rings is 1. The maximum absolute atomic E-state index is 12.5. The highest BCUT2D eigenvalue weighted by atomic mass is 32.1. The Hall–Kier alpha value is -4.95. The first-order chi connectivity index (χ1) is 21.1. The highest BCUT2D eigenvalue weighted by Crippen LogP contribution is 2.42. The largest absolute Gasteiger partial charge is 0.497 e. The zero-order valence-electron chi connectivity index (χ0n) is 24.2. The van der Waals surface area contributed by atoms with E-state index in [2.05, 4.69) is 19.1 Å². The third-order valence-corrected chi connectivity index (χ3v) is 8.57. The van der Waals surface area contributed by atoms with Gasteiger partial charge in [-0.25, -0.2) is 14.8 Å². The summed E-state index contributed by atoms with van der Waals surface area (Å²) in [6, 6.07) is 32.6. The van der Waals surface area contributed by atoms with Crippen LogP contribution in [-0.4, -0.2) is 30.9 Å². The van der Waals surface area contributed by atoms with E-state index in [-0.39, 0.29) is 12.0 Å². The van der Waals surface area contributed by atoms with Gasteiger partial charge in [-0.2, -0.15) is 5.10 Å². The molecule has 216 valence electrons. The number of hydrazone groups is 1. The standard InChI is InChI=1S/C35H31N3O4S/c1-4-32-33(25-14-20-29(21-15-25)42-34(39)26-8-6-5-7-9-26)36-35(43-32)38-31(24-12-18-28(41-3)19-13-24)22-30(37-38)23-10-16-27(40-2)17-11-23/h5-21,31H,4,22H2,1-3H3. The molecule has 0 radical (unpaired) electrons. The van der Waals surface area contributed by atoms with Gasteiger partial charge in [-0.3, -0.25) is 0 Å². The predicted octanol–water partition coefficient (Wildman–Crippen LogP) is 7.96. The molecule has 8 heteroatoms. The van der Waals surface area contributed by atoms with E-state index in [1.165, 1.54) is 0 Å². The number of carbonyl (C=O) groups is 1. The fraction of sp³-hybridized carbons (Fsp3) is 0.171. The van der Waals surface area contributed by atoms with Crippen LogP contribution in [-0.2, 0) is 6.42 Å². The Morgan fingerprint density at radius 2 is 1.42 bits per heavy atom. The number of carbonyl (C=O) groups excluding carboxylic acids is 1. The van der Waals surface area contributed by atoms with Crippen molar-refractivity contribution in [1.29, 1.82) is 0 Å². The topological polar surface area (TPSA) is 73.2 Å². The maximum atomic E-state index is 12.5. The molecule has 2 heterocycles. The summed E-state index contributed by atoms with van der Waals surface area (Å²) in [5.41, 5.74) is 5.55. The minimum atomic E-state index is -0.386. The average Bonchev–Trinajstić information content (AvgIpc) is 3.71. The SMILES string of the molecule is CCc1sc(N2N=C(c3ccc(OC)cc3)CC2c2ccc(OC)cc2)nc1-c1ccc(OC(=O)c2ccccc2)cc1. The van der Waals surface area contributed by atoms with Crippen LogP contribution < -0.4 is 19.2 Å². The maximum Gasteiger partial charge on any atom is 0.343 e. The predicted molar refractivity (Wildman–Crippen MR) is 171 cm³/mol. The fourth-order valence-electron chi connectivity index (χ4n) is 5.05. The number of benzene rings is 4. The Balaban J connectivity index is 1.31. The van der Waals surface area contributed by atoms with Crippen molar-refractivity contribution in [2.45, 2.75) is 25.8 Å². The van der Waals surface area contributed by atoms with Gasteiger partial charge >= 0.3 is 5.97 Å². The van der Waals surface area contributed by atoms with E-state index < -0.39 is 0 Å². The van der Waals surface area contributed by atoms with Gasteiger partial charge in [0.2, 0.25) is 5.13 Å². The molecular formula is C35H31N3O4S. The smallest absolute Gasteiger partial charge is 0.343 e. The Kier molecular flexibility index (Phi) is 8.20. The number of methoxy groups -OCH3 is 2. The molecular weight excluding hydrogens is 558 g/mol. The summed E-state index contributed by atoms with van der Waals surface area (Å²) in [6.07, 6.45) is 1.56. The van der Waals surface area contributed by atoms with Gasteiger partial charge in [-0.1, -0.05) is 48.6 Å². The molecule has 0 spiro atoms. The van der Waals surface area contributed by atoms with Crippen LogP contribution in [0.2, 0.25) is 0 Å². The molecule has 43 heavy (non-hydrogen) atoms. The summed E-state index contributed by atoms with van der Waals surface area (Å²) in [4.78, 5) is 18.8. The van der Waals surface area contributed by atoms with Crippen LogP contribution in [0.1, 0.15) is 45.7 Å². The fourth-order valence-corrected chi connectivity index (χ4v) is 6.08. The summed E-state index contributed by atoms with van der Waals surface area (Å²) < 4.78 is 16.3. The number of rotatable bonds is 9. The van der Waals surface area contributed by atoms with Gasteiger partial charge in [0, 0.05) is 16.9 Å². The molecule has 0 fully saturated rings. The van der Waals surface area contributed by atoms with Gasteiger partial charge in [0.15, 0.2) is 0 Å². The van der Waals surface area contributed by atoms with E-state index in [4.69, 9.17) is 24.3 Å². The van der Waals surface area contributed by atoms with Crippen LogP contribution >= 0.6 is 11.3 Å². The van der Waals surface area contributed by atoms with Gasteiger partial charge < -0.3 is 14.2 Å². The third kappa shape index (κ3) is 6.01. The third-order valence-electron chi connectivity index (χ3n) is 7.39. The minimum Gasteiger partial charge on any atom is -0.497 e. The van der Waals surface area contributed by atoms with Crippen LogP contribution in [0.5, 0.6) is 17.2 Å². The summed E-state index contributed by atoms with van der Waals surface area (Å²) >= 11 is 1.65. The lowest BCUT2D eigenvalue weighted by atomic mass is 9.98. The second kappa shape index (κ2) is 12.5. The lowest BCUT2D eigenvalue weighted by Gasteiger charge is -2.21. The first-order valence-electron chi connectivity index (χ1n) is 14.1. The molecule has 0 saturated heterocycles. The average molecular weight is 590 g/mol. The zero-order valence-corrected chi connectivity index (χ0v) is 25.0. The van der Waals surface area contributed by atoms with Crippen molar-refractivity contribution < 1.29 is 19.0 Å². The van der Waals surface area contributed by atoms with E-state index in [0.717, 1.165) is 62.4 Å². The normalized spacial score (nSPS) is 14.3. The quantitative estimate of drug-likeness (QED) is 0.128. The molecule has 0 aliphatic carbocycles. The summed E-state index contributed by atoms with van der Waals surface area (Å²) in [5.74, 6) is 1.72. The van der Waals surface area contributed by atoms with E-state index in [1.54, 1.807) is 37.7 Å². The van der Waals surface area contributed by atoms with Gasteiger partial charge in [0.1, 0.15) is 17.2 Å². The number of aromatic nitrogens is 1. The van der Waals surface area contributed by atoms with Gasteiger partial charge in [0.25, 0.3) is 0 Å². The first kappa shape index (κ1) is 28.2. The highest BCUT2D eigenvalue weighted by molar-refractivity contribution is 7.16. The summed E-state index contributed by atoms with van der Waals surface area (Å²) in [7, 11) is 3.34. The molecule has 0 amide bonds. The monoisotopic (exact) mass is 589 g/mol. The van der Waals surface area contributed by atoms with Crippen LogP contribution in [0, 0.1) is 0 Å². The Morgan fingerprint density at radius 1 is 0.814 bits per heavy atom. The molecule has 1 aliphatic heterocycles. The number of aryl methyl sites for hydroxylation is 1. The number of hydrogen-bond donors (Lipinski definition) is 0. The van der Waals surface area contributed by atoms with Crippen molar-refractivity contribution in [3.05, 3.63) is 125 Å². The molecule has 6 rings (SSSR count). The zero-order chi connectivity index (χ0) is 29.8. The molecule has 1 aromatic heterocycles. The molecule has 0 N–H and O–H groups in total. The molecule has 1 atom stereocenters. The lowest BCUT2D eigenvalue weighted by Crippen LogP contribution is -2.18. The van der Waals surface area contributed by atoms with Gasteiger partial charge in [-0.05, 0) is 90.3 Å². The Morgan fingerprint density at radius 3 is 2.05 bits per heavy atom. The van der Waals surface area contributed by atoms with Crippen LogP contribution in [0.25, 0.3) is 11.3 Å². The first-order valence-corrected chi connectivity index (χ1v) is 14.9. The van der Waals surface area contributed by atoms with Gasteiger partial charge in [-0.15, -0.1) is 0 Å². The molecule has 7 nitrogen and oxygen atoms in total. The second-order valence-corrected chi connectivity index (χ2v) is 11.1. The van der Waals surface area contributed by atoms with Crippen molar-refractivity contribution in [3.8, 4) is 28.5 Å². The van der Waals surface area contributed by atoms with Crippen LogP contribution in [0.4, 0.5) is 5.13 Å². The Bertz CT molecular complexity index is 1730. The van der Waals surface area contributed by atoms with Crippen molar-refractivity contribution in [2.24, 2.45) is 5.10 Å². The van der Waals surface area contributed by atoms with Crippen LogP contribution in [0.3, 0.4) is 0 Å². The molecule has 4 aromatic carbocycles. The van der Waals surface area contributed by atoms with Crippen molar-refractivity contribution in [2.75, 3.05) is 19.2 Å². The lowest BCUT2D eigenvalue weighted by molar-refractivity contribution is 0.0734. The van der Waals surface area contributed by atoms with Crippen molar-refractivity contribution in [3.63, 3.8) is 0 Å². The highest BCUT2D eigenvalue weighted by Gasteiger charge is 2.32. The van der Waals surface area contributed by atoms with Crippen molar-refractivity contribution in [1.82, 2.24) is 4.98 Å². The van der Waals surface area contributed by atoms with Crippen LogP contribution in [0.15, 0.2) is 108 Å².